The van der Waals surface area contributed by atoms with Crippen LogP contribution in [0.3, 0.4) is 0 Å². The molecule has 1 aliphatic rings. The maximum absolute atomic E-state index is 14.8. The standard InChI is InChI=1S/C21H26FN5O3S/c1-12-5-6-13(2)27(12)20(29)15-7-8-16(17(22)9-15)14(3)24-21(30)26(4)25-19(28)18-10-23-11-31-18/h7-14H,5-6H2,1-4H3,(H,24,30)(H,25,28)/t12?,13?,14-/m1/s1. The molecule has 3 rings (SSSR count). The summed E-state index contributed by atoms with van der Waals surface area (Å²) in [6, 6.07) is 3.27. The monoisotopic (exact) mass is 447 g/mol. The van der Waals surface area contributed by atoms with Crippen LogP contribution in [-0.4, -0.2) is 51.9 Å². The van der Waals surface area contributed by atoms with Gasteiger partial charge < -0.3 is 10.2 Å². The van der Waals surface area contributed by atoms with Gasteiger partial charge in [-0.1, -0.05) is 6.07 Å². The summed E-state index contributed by atoms with van der Waals surface area (Å²) in [5.41, 5.74) is 4.47. The Morgan fingerprint density at radius 2 is 1.94 bits per heavy atom. The third-order valence-electron chi connectivity index (χ3n) is 5.47. The second kappa shape index (κ2) is 9.42. The molecule has 8 nitrogen and oxygen atoms in total. The minimum atomic E-state index is -0.677. The van der Waals surface area contributed by atoms with Gasteiger partial charge in [0.1, 0.15) is 10.7 Å². The van der Waals surface area contributed by atoms with Gasteiger partial charge in [0.15, 0.2) is 0 Å². The molecule has 31 heavy (non-hydrogen) atoms. The van der Waals surface area contributed by atoms with E-state index >= 15 is 0 Å². The molecule has 2 heterocycles. The van der Waals surface area contributed by atoms with E-state index in [2.05, 4.69) is 15.7 Å². The summed E-state index contributed by atoms with van der Waals surface area (Å²) in [5.74, 6) is -1.23. The van der Waals surface area contributed by atoms with Gasteiger partial charge in [-0.05, 0) is 45.7 Å². The van der Waals surface area contributed by atoms with E-state index in [4.69, 9.17) is 0 Å². The number of amides is 4. The van der Waals surface area contributed by atoms with E-state index in [0.29, 0.717) is 4.88 Å². The SMILES string of the molecule is CC1CCC(C)N1C(=O)c1ccc([C@@H](C)NC(=O)N(C)NC(=O)c2cncs2)c(F)c1. The smallest absolute Gasteiger partial charge is 0.333 e. The summed E-state index contributed by atoms with van der Waals surface area (Å²) in [4.78, 5) is 43.2. The van der Waals surface area contributed by atoms with Gasteiger partial charge in [-0.15, -0.1) is 11.3 Å². The zero-order valence-electron chi connectivity index (χ0n) is 17.9. The lowest BCUT2D eigenvalue weighted by Gasteiger charge is -2.27. The van der Waals surface area contributed by atoms with Gasteiger partial charge in [0.25, 0.3) is 11.8 Å². The number of nitrogens with zero attached hydrogens (tertiary/aromatic N) is 3. The number of benzene rings is 1. The molecule has 3 atom stereocenters. The molecule has 0 saturated carbocycles. The number of nitrogens with one attached hydrogen (secondary N) is 2. The van der Waals surface area contributed by atoms with E-state index in [9.17, 15) is 18.8 Å². The lowest BCUT2D eigenvalue weighted by Crippen LogP contribution is -2.48. The van der Waals surface area contributed by atoms with Gasteiger partial charge >= 0.3 is 6.03 Å². The zero-order valence-corrected chi connectivity index (χ0v) is 18.7. The van der Waals surface area contributed by atoms with Crippen molar-refractivity contribution in [2.75, 3.05) is 7.05 Å². The highest BCUT2D eigenvalue weighted by Gasteiger charge is 2.32. The second-order valence-corrected chi connectivity index (χ2v) is 8.65. The molecular formula is C21H26FN5O3S. The normalized spacial score (nSPS) is 19.1. The fourth-order valence-corrected chi connectivity index (χ4v) is 4.21. The molecule has 2 N–H and O–H groups in total. The number of urea groups is 1. The topological polar surface area (TPSA) is 94.6 Å². The quantitative estimate of drug-likeness (QED) is 0.703. The second-order valence-electron chi connectivity index (χ2n) is 7.76. The lowest BCUT2D eigenvalue weighted by atomic mass is 10.0. The summed E-state index contributed by atoms with van der Waals surface area (Å²) >= 11 is 1.15. The first-order valence-corrected chi connectivity index (χ1v) is 10.9. The molecule has 10 heteroatoms. The lowest BCUT2D eigenvalue weighted by molar-refractivity contribution is 0.0692. The highest BCUT2D eigenvalue weighted by atomic mass is 32.1. The van der Waals surface area contributed by atoms with E-state index < -0.39 is 23.8 Å². The number of halogens is 1. The van der Waals surface area contributed by atoms with Crippen molar-refractivity contribution in [2.45, 2.75) is 51.7 Å². The van der Waals surface area contributed by atoms with Crippen LogP contribution < -0.4 is 10.7 Å². The van der Waals surface area contributed by atoms with Crippen LogP contribution in [0.4, 0.5) is 9.18 Å². The maximum Gasteiger partial charge on any atom is 0.336 e. The van der Waals surface area contributed by atoms with Gasteiger partial charge in [0.05, 0.1) is 17.7 Å². The number of hydrogen-bond acceptors (Lipinski definition) is 5. The minimum absolute atomic E-state index is 0.124. The van der Waals surface area contributed by atoms with Gasteiger partial charge in [-0.3, -0.25) is 20.0 Å². The molecule has 4 amide bonds. The van der Waals surface area contributed by atoms with E-state index in [-0.39, 0.29) is 29.1 Å². The number of aromatic nitrogens is 1. The Bertz CT molecular complexity index is 958. The molecule has 1 aromatic heterocycles. The highest BCUT2D eigenvalue weighted by Crippen LogP contribution is 2.27. The van der Waals surface area contributed by atoms with Crippen LogP contribution in [0.25, 0.3) is 0 Å². The fourth-order valence-electron chi connectivity index (χ4n) is 3.70. The molecule has 166 valence electrons. The van der Waals surface area contributed by atoms with Crippen molar-refractivity contribution in [2.24, 2.45) is 0 Å². The first kappa shape index (κ1) is 22.7. The number of hydrogen-bond donors (Lipinski definition) is 2. The third-order valence-corrected chi connectivity index (χ3v) is 6.24. The predicted molar refractivity (Wildman–Crippen MR) is 115 cm³/mol. The number of likely N-dealkylation sites (tertiary alicyclic amines) is 1. The summed E-state index contributed by atoms with van der Waals surface area (Å²) in [6.45, 7) is 5.61. The Balaban J connectivity index is 1.63. The molecule has 2 aromatic rings. The van der Waals surface area contributed by atoms with Crippen LogP contribution in [0.5, 0.6) is 0 Å². The molecule has 1 aromatic carbocycles. The largest absolute Gasteiger partial charge is 0.336 e. The number of carbonyl (C=O) groups is 3. The number of hydrazine groups is 1. The Morgan fingerprint density at radius 1 is 1.26 bits per heavy atom. The molecule has 0 spiro atoms. The highest BCUT2D eigenvalue weighted by molar-refractivity contribution is 7.11. The summed E-state index contributed by atoms with van der Waals surface area (Å²) in [7, 11) is 1.39. The van der Waals surface area contributed by atoms with Gasteiger partial charge in [0, 0.05) is 30.3 Å². The maximum atomic E-state index is 14.8. The zero-order chi connectivity index (χ0) is 22.7. The minimum Gasteiger partial charge on any atom is -0.333 e. The number of thiazole rings is 1. The average molecular weight is 448 g/mol. The molecule has 0 radical (unpaired) electrons. The molecular weight excluding hydrogens is 421 g/mol. The van der Waals surface area contributed by atoms with Crippen molar-refractivity contribution in [1.82, 2.24) is 25.6 Å². The third kappa shape index (κ3) is 5.01. The van der Waals surface area contributed by atoms with Crippen molar-refractivity contribution in [3.8, 4) is 0 Å². The van der Waals surface area contributed by atoms with E-state index in [1.165, 1.54) is 30.9 Å². The van der Waals surface area contributed by atoms with Crippen molar-refractivity contribution in [1.29, 1.82) is 0 Å². The molecule has 1 aliphatic heterocycles. The molecule has 0 aliphatic carbocycles. The fraction of sp³-hybridized carbons (Fsp3) is 0.429. The number of carbonyl (C=O) groups excluding carboxylic acids is 3. The Kier molecular flexibility index (Phi) is 6.89. The van der Waals surface area contributed by atoms with Crippen LogP contribution >= 0.6 is 11.3 Å². The molecule has 0 bridgehead atoms. The van der Waals surface area contributed by atoms with Gasteiger partial charge in [-0.25, -0.2) is 14.2 Å². The van der Waals surface area contributed by atoms with E-state index in [1.54, 1.807) is 17.9 Å². The van der Waals surface area contributed by atoms with Crippen molar-refractivity contribution in [3.05, 3.63) is 51.7 Å². The summed E-state index contributed by atoms with van der Waals surface area (Å²) in [6.07, 6.45) is 3.27. The molecule has 1 saturated heterocycles. The van der Waals surface area contributed by atoms with Gasteiger partial charge in [0.2, 0.25) is 0 Å². The van der Waals surface area contributed by atoms with Crippen LogP contribution in [0, 0.1) is 5.82 Å². The summed E-state index contributed by atoms with van der Waals surface area (Å²) < 4.78 is 14.8. The molecule has 2 unspecified atom stereocenters. The summed E-state index contributed by atoms with van der Waals surface area (Å²) in [5, 5.41) is 3.62. The predicted octanol–water partition coefficient (Wildman–Crippen LogP) is 3.34. The first-order valence-electron chi connectivity index (χ1n) is 10.0. The first-order chi connectivity index (χ1) is 14.7. The van der Waals surface area contributed by atoms with Crippen LogP contribution in [0.15, 0.2) is 29.9 Å². The van der Waals surface area contributed by atoms with Crippen LogP contribution in [-0.2, 0) is 0 Å². The van der Waals surface area contributed by atoms with E-state index in [1.807, 2.05) is 13.8 Å². The Morgan fingerprint density at radius 3 is 2.52 bits per heavy atom. The number of rotatable bonds is 4. The van der Waals surface area contributed by atoms with Crippen molar-refractivity contribution in [3.63, 3.8) is 0 Å². The Labute approximate surface area is 184 Å². The van der Waals surface area contributed by atoms with Gasteiger partial charge in [-0.2, -0.15) is 0 Å². The molecule has 1 fully saturated rings. The van der Waals surface area contributed by atoms with Crippen LogP contribution in [0.2, 0.25) is 0 Å². The van der Waals surface area contributed by atoms with E-state index in [0.717, 1.165) is 29.2 Å². The average Bonchev–Trinajstić information content (AvgIpc) is 3.37. The van der Waals surface area contributed by atoms with Crippen LogP contribution in [0.1, 0.15) is 65.2 Å². The van der Waals surface area contributed by atoms with Crippen molar-refractivity contribution >= 4 is 29.2 Å². The Hall–Kier alpha value is -3.01. The van der Waals surface area contributed by atoms with Crippen molar-refractivity contribution < 1.29 is 18.8 Å².